The molecule has 0 N–H and O–H groups in total. The second-order valence-electron chi connectivity index (χ2n) is 37.5. The van der Waals surface area contributed by atoms with Gasteiger partial charge in [-0.25, -0.2) is 0 Å². The molecule has 22 aromatic carbocycles. The van der Waals surface area contributed by atoms with Gasteiger partial charge < -0.3 is 37.9 Å². The van der Waals surface area contributed by atoms with Crippen molar-refractivity contribution in [2.24, 2.45) is 0 Å². The maximum absolute atomic E-state index is 2.37. The lowest BCUT2D eigenvalue weighted by atomic mass is 10.0. The van der Waals surface area contributed by atoms with Gasteiger partial charge in [0.25, 0.3) is 0 Å². The average molecular weight is 1880 g/mol. The molecule has 0 fully saturated rings. The molecule has 0 bridgehead atoms. The third kappa shape index (κ3) is 18.3. The van der Waals surface area contributed by atoms with E-state index in [0.29, 0.717) is 11.8 Å². The third-order valence-electron chi connectivity index (χ3n) is 27.9. The van der Waals surface area contributed by atoms with Crippen LogP contribution in [0.2, 0.25) is 0 Å². The maximum Gasteiger partial charge on any atom is 0.0541 e. The summed E-state index contributed by atoms with van der Waals surface area (Å²) in [5.41, 5.74) is 35.6. The van der Waals surface area contributed by atoms with Crippen LogP contribution in [0.1, 0.15) is 50.7 Å². The van der Waals surface area contributed by atoms with E-state index in [9.17, 15) is 0 Å². The molecule has 0 radical (unpaired) electrons. The van der Waals surface area contributed by atoms with Crippen molar-refractivity contribution in [3.63, 3.8) is 0 Å². The van der Waals surface area contributed by atoms with Crippen molar-refractivity contribution in [3.05, 3.63) is 581 Å². The Balaban J connectivity index is 0.000000108. The zero-order valence-corrected chi connectivity index (χ0v) is 82.0. The molecule has 0 spiro atoms. The van der Waals surface area contributed by atoms with Gasteiger partial charge in [0.15, 0.2) is 0 Å². The van der Waals surface area contributed by atoms with Crippen molar-refractivity contribution < 1.29 is 0 Å². The van der Waals surface area contributed by atoms with Crippen molar-refractivity contribution in [1.29, 1.82) is 0 Å². The molecule has 8 nitrogen and oxygen atoms in total. The number of hydrogen-bond acceptors (Lipinski definition) is 4. The zero-order valence-electron chi connectivity index (χ0n) is 82.0. The number of hydrogen-bond donors (Lipinski definition) is 0. The fourth-order valence-electron chi connectivity index (χ4n) is 20.8. The summed E-state index contributed by atoms with van der Waals surface area (Å²) in [6, 6.07) is 204. The molecule has 0 aliphatic heterocycles. The molecule has 146 heavy (non-hydrogen) atoms. The highest BCUT2D eigenvalue weighted by molar-refractivity contribution is 6.13. The minimum absolute atomic E-state index is 0.508. The Morgan fingerprint density at radius 3 is 0.521 bits per heavy atom. The van der Waals surface area contributed by atoms with Gasteiger partial charge in [0.2, 0.25) is 0 Å². The number of anilines is 12. The Labute approximate surface area is 853 Å². The topological polar surface area (TPSA) is 32.7 Å². The molecule has 4 heterocycles. The molecule has 8 heteroatoms. The Morgan fingerprint density at radius 1 is 0.130 bits per heavy atom. The summed E-state index contributed by atoms with van der Waals surface area (Å²) in [4.78, 5) is 9.27. The summed E-state index contributed by atoms with van der Waals surface area (Å²) in [5, 5.41) is 10.2. The fourth-order valence-corrected chi connectivity index (χ4v) is 20.8. The standard InChI is InChI=1S/C42H30N2.C36H34N2.2C30H22N2/c1-3-11-31(12-4-1)33-19-23-35(24-20-33)43(36-25-21-34(22-26-36)32-13-5-2-6-14-32)37-27-29-38(30-28-37)44-41-17-9-7-15-39(41)40-16-8-10-18-42(40)44;1-25(2)27-13-17-29(18-14-27)37(30-19-15-28(16-20-30)26(3)4)31-21-23-32(24-22-31)38-35-11-7-5-9-33(35)34-10-6-8-12-36(34)38;1-3-12-23(13-4-1)31(24-14-5-2-6-15-24)25-16-11-17-26(22-25)32-29-20-9-7-18-27(29)28-19-8-10-21-30(28)32;1-3-11-23(12-4-1)31(24-13-5-2-6-14-24)25-19-21-26(22-20-25)32-29-17-9-7-15-27(29)28-16-8-10-18-30(28)32/h1-30H;5-26H,1-4H3;2*1-22H. The third-order valence-corrected chi connectivity index (χ3v) is 27.9. The van der Waals surface area contributed by atoms with Crippen LogP contribution in [0.15, 0.2) is 570 Å². The molecule has 0 amide bonds. The van der Waals surface area contributed by atoms with Gasteiger partial charge in [-0.1, -0.05) is 361 Å². The van der Waals surface area contributed by atoms with Crippen LogP contribution in [0, 0.1) is 0 Å². The second-order valence-corrected chi connectivity index (χ2v) is 37.5. The number of rotatable bonds is 20. The van der Waals surface area contributed by atoms with Gasteiger partial charge in [0.05, 0.1) is 44.1 Å². The highest BCUT2D eigenvalue weighted by Gasteiger charge is 2.24. The van der Waals surface area contributed by atoms with E-state index in [4.69, 9.17) is 0 Å². The second kappa shape index (κ2) is 41.2. The summed E-state index contributed by atoms with van der Waals surface area (Å²) in [5.74, 6) is 1.02. The molecule has 26 aromatic rings. The summed E-state index contributed by atoms with van der Waals surface area (Å²) in [6.45, 7) is 8.96. The summed E-state index contributed by atoms with van der Waals surface area (Å²) < 4.78 is 9.45. The van der Waals surface area contributed by atoms with Crippen LogP contribution in [-0.4, -0.2) is 18.3 Å². The van der Waals surface area contributed by atoms with Crippen LogP contribution in [0.5, 0.6) is 0 Å². The highest BCUT2D eigenvalue weighted by Crippen LogP contribution is 2.46. The molecular weight excluding hydrogens is 1770 g/mol. The molecule has 0 unspecified atom stereocenters. The van der Waals surface area contributed by atoms with Crippen LogP contribution in [0.4, 0.5) is 68.2 Å². The van der Waals surface area contributed by atoms with Crippen molar-refractivity contribution >= 4 is 155 Å². The van der Waals surface area contributed by atoms with Crippen LogP contribution in [0.3, 0.4) is 0 Å². The molecule has 0 aliphatic carbocycles. The highest BCUT2D eigenvalue weighted by atomic mass is 15.2. The lowest BCUT2D eigenvalue weighted by molar-refractivity contribution is 0.866. The molecule has 0 saturated heterocycles. The predicted octanol–water partition coefficient (Wildman–Crippen LogP) is 38.6. The van der Waals surface area contributed by atoms with Gasteiger partial charge in [0, 0.05) is 134 Å². The SMILES string of the molecule is CC(C)c1ccc(N(c2ccc(C(C)C)cc2)c2ccc(-n3c4ccccc4c4ccccc43)cc2)cc1.c1ccc(-c2ccc(N(c3ccc(-c4ccccc4)cc3)c3ccc(-n4c5ccccc5c5ccccc54)cc3)cc2)cc1.c1ccc(N(c2ccccc2)c2ccc(-n3c4ccccc4c4ccccc43)cc2)cc1.c1ccc(N(c2ccccc2)c2cccc(-n3c4ccccc4c4ccccc43)c2)cc1. The van der Waals surface area contributed by atoms with Gasteiger partial charge in [-0.15, -0.1) is 0 Å². The molecule has 0 atom stereocenters. The number of benzene rings is 22. The average Bonchev–Trinajstić information content (AvgIpc) is 1.61. The first-order chi connectivity index (χ1) is 72.1. The summed E-state index contributed by atoms with van der Waals surface area (Å²) in [7, 11) is 0. The molecule has 700 valence electrons. The van der Waals surface area contributed by atoms with Crippen LogP contribution in [-0.2, 0) is 0 Å². The van der Waals surface area contributed by atoms with E-state index in [1.165, 1.54) is 121 Å². The van der Waals surface area contributed by atoms with Crippen LogP contribution >= 0.6 is 0 Å². The van der Waals surface area contributed by atoms with Gasteiger partial charge >= 0.3 is 0 Å². The Bertz CT molecular complexity index is 8550. The van der Waals surface area contributed by atoms with Crippen LogP contribution in [0.25, 0.3) is 132 Å². The van der Waals surface area contributed by atoms with Crippen molar-refractivity contribution in [3.8, 4) is 45.0 Å². The largest absolute Gasteiger partial charge is 0.311 e. The summed E-state index contributed by atoms with van der Waals surface area (Å²) >= 11 is 0. The van der Waals surface area contributed by atoms with Crippen LogP contribution < -0.4 is 19.6 Å². The van der Waals surface area contributed by atoms with E-state index in [1.807, 2.05) is 0 Å². The quantitative estimate of drug-likeness (QED) is 0.0761. The minimum atomic E-state index is 0.508. The first-order valence-electron chi connectivity index (χ1n) is 50.4. The van der Waals surface area contributed by atoms with E-state index < -0.39 is 0 Å². The fraction of sp³-hybridized carbons (Fsp3) is 0.0435. The van der Waals surface area contributed by atoms with Gasteiger partial charge in [-0.3, -0.25) is 0 Å². The van der Waals surface area contributed by atoms with E-state index in [1.54, 1.807) is 0 Å². The molecular formula is C138H108N8. The van der Waals surface area contributed by atoms with E-state index in [2.05, 4.69) is 636 Å². The van der Waals surface area contributed by atoms with E-state index in [-0.39, 0.29) is 0 Å². The number of nitrogens with zero attached hydrogens (tertiary/aromatic N) is 8. The maximum atomic E-state index is 2.37. The van der Waals surface area contributed by atoms with Gasteiger partial charge in [-0.05, 0) is 282 Å². The van der Waals surface area contributed by atoms with Crippen molar-refractivity contribution in [2.75, 3.05) is 19.6 Å². The number of fused-ring (bicyclic) bond motifs is 12. The molecule has 0 aliphatic rings. The molecule has 0 saturated carbocycles. The first kappa shape index (κ1) is 91.0. The Kier molecular flexibility index (Phi) is 25.7. The van der Waals surface area contributed by atoms with E-state index in [0.717, 1.165) is 91.0 Å². The predicted molar refractivity (Wildman–Crippen MR) is 621 cm³/mol. The molecule has 4 aromatic heterocycles. The molecule has 26 rings (SSSR count). The Hall–Kier alpha value is -18.8. The normalized spacial score (nSPS) is 11.3. The van der Waals surface area contributed by atoms with E-state index >= 15 is 0 Å². The number of aromatic nitrogens is 4. The summed E-state index contributed by atoms with van der Waals surface area (Å²) in [6.07, 6.45) is 0. The smallest absolute Gasteiger partial charge is 0.0541 e. The van der Waals surface area contributed by atoms with Gasteiger partial charge in [0.1, 0.15) is 0 Å². The van der Waals surface area contributed by atoms with Crippen molar-refractivity contribution in [1.82, 2.24) is 18.3 Å². The lowest BCUT2D eigenvalue weighted by Crippen LogP contribution is -2.10. The monoisotopic (exact) mass is 1880 g/mol. The first-order valence-corrected chi connectivity index (χ1v) is 50.4. The number of para-hydroxylation sites is 12. The minimum Gasteiger partial charge on any atom is -0.311 e. The lowest BCUT2D eigenvalue weighted by Gasteiger charge is -2.26. The Morgan fingerprint density at radius 2 is 0.295 bits per heavy atom. The zero-order chi connectivity index (χ0) is 98.2. The van der Waals surface area contributed by atoms with Gasteiger partial charge in [-0.2, -0.15) is 0 Å². The van der Waals surface area contributed by atoms with Crippen molar-refractivity contribution in [2.45, 2.75) is 39.5 Å².